The van der Waals surface area contributed by atoms with Gasteiger partial charge in [-0.05, 0) is 35.6 Å². The SMILES string of the molecule is COc1ccc(NC(C)=O)cc1CCNC(=O)CC(C)(C)C. The summed E-state index contributed by atoms with van der Waals surface area (Å²) >= 11 is 0. The van der Waals surface area contributed by atoms with Crippen LogP contribution in [-0.4, -0.2) is 25.5 Å². The van der Waals surface area contributed by atoms with Crippen LogP contribution in [0.15, 0.2) is 18.2 Å². The minimum atomic E-state index is -0.116. The van der Waals surface area contributed by atoms with Gasteiger partial charge in [-0.25, -0.2) is 0 Å². The van der Waals surface area contributed by atoms with Crippen molar-refractivity contribution in [3.05, 3.63) is 23.8 Å². The minimum absolute atomic E-state index is 0.0207. The molecular formula is C17H26N2O3. The Hall–Kier alpha value is -2.04. The first kappa shape index (κ1) is 18.0. The molecule has 0 aliphatic heterocycles. The van der Waals surface area contributed by atoms with E-state index in [0.29, 0.717) is 19.4 Å². The summed E-state index contributed by atoms with van der Waals surface area (Å²) in [4.78, 5) is 22.9. The van der Waals surface area contributed by atoms with E-state index in [4.69, 9.17) is 4.74 Å². The van der Waals surface area contributed by atoms with E-state index in [9.17, 15) is 9.59 Å². The molecule has 0 bridgehead atoms. The number of hydrogen-bond acceptors (Lipinski definition) is 3. The van der Waals surface area contributed by atoms with Crippen LogP contribution in [0.3, 0.4) is 0 Å². The van der Waals surface area contributed by atoms with Crippen LogP contribution >= 0.6 is 0 Å². The van der Waals surface area contributed by atoms with Crippen molar-refractivity contribution in [3.63, 3.8) is 0 Å². The summed E-state index contributed by atoms with van der Waals surface area (Å²) in [6, 6.07) is 5.48. The Morgan fingerprint density at radius 3 is 2.45 bits per heavy atom. The second-order valence-electron chi connectivity index (χ2n) is 6.55. The third-order valence-corrected chi connectivity index (χ3v) is 3.01. The highest BCUT2D eigenvalue weighted by Gasteiger charge is 2.15. The summed E-state index contributed by atoms with van der Waals surface area (Å²) in [5.74, 6) is 0.679. The molecule has 0 aliphatic rings. The molecule has 0 atom stereocenters. The molecule has 0 saturated heterocycles. The molecule has 0 aromatic heterocycles. The van der Waals surface area contributed by atoms with Crippen molar-refractivity contribution in [2.75, 3.05) is 19.0 Å². The molecule has 2 N–H and O–H groups in total. The molecule has 1 rings (SSSR count). The number of ether oxygens (including phenoxy) is 1. The van der Waals surface area contributed by atoms with Crippen molar-refractivity contribution in [2.45, 2.75) is 40.5 Å². The second-order valence-corrected chi connectivity index (χ2v) is 6.55. The maximum absolute atomic E-state index is 11.8. The number of carbonyl (C=O) groups excluding carboxylic acids is 2. The van der Waals surface area contributed by atoms with E-state index in [-0.39, 0.29) is 17.2 Å². The quantitative estimate of drug-likeness (QED) is 0.849. The average Bonchev–Trinajstić information content (AvgIpc) is 2.36. The van der Waals surface area contributed by atoms with E-state index in [0.717, 1.165) is 17.0 Å². The molecule has 1 aromatic rings. The molecule has 0 heterocycles. The number of carbonyl (C=O) groups is 2. The summed E-state index contributed by atoms with van der Waals surface area (Å²) in [5, 5.41) is 5.66. The van der Waals surface area contributed by atoms with Crippen LogP contribution in [0.1, 0.15) is 39.7 Å². The van der Waals surface area contributed by atoms with E-state index in [2.05, 4.69) is 10.6 Å². The van der Waals surface area contributed by atoms with Gasteiger partial charge in [-0.2, -0.15) is 0 Å². The van der Waals surface area contributed by atoms with Crippen LogP contribution in [0.25, 0.3) is 0 Å². The van der Waals surface area contributed by atoms with Crippen LogP contribution in [-0.2, 0) is 16.0 Å². The Morgan fingerprint density at radius 1 is 1.23 bits per heavy atom. The van der Waals surface area contributed by atoms with Crippen LogP contribution in [0.5, 0.6) is 5.75 Å². The van der Waals surface area contributed by atoms with Crippen molar-refractivity contribution >= 4 is 17.5 Å². The number of anilines is 1. The van der Waals surface area contributed by atoms with E-state index >= 15 is 0 Å². The molecule has 5 heteroatoms. The number of hydrogen-bond donors (Lipinski definition) is 2. The Labute approximate surface area is 132 Å². The smallest absolute Gasteiger partial charge is 0.221 e. The van der Waals surface area contributed by atoms with Gasteiger partial charge in [-0.1, -0.05) is 20.8 Å². The molecule has 0 fully saturated rings. The van der Waals surface area contributed by atoms with Gasteiger partial charge >= 0.3 is 0 Å². The number of amides is 2. The predicted octanol–water partition coefficient (Wildman–Crippen LogP) is 2.75. The van der Waals surface area contributed by atoms with Crippen molar-refractivity contribution in [1.82, 2.24) is 5.32 Å². The van der Waals surface area contributed by atoms with Gasteiger partial charge < -0.3 is 15.4 Å². The zero-order valence-corrected chi connectivity index (χ0v) is 14.1. The van der Waals surface area contributed by atoms with E-state index in [1.54, 1.807) is 13.2 Å². The summed E-state index contributed by atoms with van der Waals surface area (Å²) in [7, 11) is 1.61. The zero-order valence-electron chi connectivity index (χ0n) is 14.1. The molecule has 0 unspecified atom stereocenters. The fourth-order valence-electron chi connectivity index (χ4n) is 2.14. The Kier molecular flexibility index (Phi) is 6.40. The van der Waals surface area contributed by atoms with E-state index in [1.165, 1.54) is 6.92 Å². The van der Waals surface area contributed by atoms with Gasteiger partial charge in [0.1, 0.15) is 5.75 Å². The van der Waals surface area contributed by atoms with Crippen molar-refractivity contribution in [1.29, 1.82) is 0 Å². The van der Waals surface area contributed by atoms with Crippen LogP contribution in [0.2, 0.25) is 0 Å². The first-order valence-electron chi connectivity index (χ1n) is 7.42. The van der Waals surface area contributed by atoms with Crippen molar-refractivity contribution in [3.8, 4) is 5.75 Å². The molecule has 0 aliphatic carbocycles. The number of benzene rings is 1. The van der Waals surface area contributed by atoms with Gasteiger partial charge in [0.2, 0.25) is 11.8 Å². The third-order valence-electron chi connectivity index (χ3n) is 3.01. The molecule has 122 valence electrons. The van der Waals surface area contributed by atoms with Gasteiger partial charge in [0.05, 0.1) is 7.11 Å². The fraction of sp³-hybridized carbons (Fsp3) is 0.529. The van der Waals surface area contributed by atoms with E-state index in [1.807, 2.05) is 32.9 Å². The largest absolute Gasteiger partial charge is 0.496 e. The Bertz CT molecular complexity index is 533. The predicted molar refractivity (Wildman–Crippen MR) is 88.1 cm³/mol. The molecule has 1 aromatic carbocycles. The summed E-state index contributed by atoms with van der Waals surface area (Å²) in [6.45, 7) is 8.11. The zero-order chi connectivity index (χ0) is 16.8. The summed E-state index contributed by atoms with van der Waals surface area (Å²) in [5.41, 5.74) is 1.65. The van der Waals surface area contributed by atoms with Gasteiger partial charge in [0, 0.05) is 25.6 Å². The molecule has 22 heavy (non-hydrogen) atoms. The Balaban J connectivity index is 2.63. The lowest BCUT2D eigenvalue weighted by Crippen LogP contribution is -2.29. The molecule has 5 nitrogen and oxygen atoms in total. The molecule has 0 spiro atoms. The van der Waals surface area contributed by atoms with Gasteiger partial charge in [0.15, 0.2) is 0 Å². The molecule has 0 saturated carbocycles. The first-order chi connectivity index (χ1) is 10.2. The first-order valence-corrected chi connectivity index (χ1v) is 7.42. The topological polar surface area (TPSA) is 67.4 Å². The van der Waals surface area contributed by atoms with Crippen molar-refractivity contribution < 1.29 is 14.3 Å². The average molecular weight is 306 g/mol. The lowest BCUT2D eigenvalue weighted by molar-refractivity contribution is -0.122. The number of nitrogens with one attached hydrogen (secondary N) is 2. The minimum Gasteiger partial charge on any atom is -0.496 e. The molecule has 2 amide bonds. The highest BCUT2D eigenvalue weighted by molar-refractivity contribution is 5.88. The Morgan fingerprint density at radius 2 is 1.91 bits per heavy atom. The number of rotatable bonds is 6. The molecule has 0 radical (unpaired) electrons. The maximum Gasteiger partial charge on any atom is 0.221 e. The molecular weight excluding hydrogens is 280 g/mol. The monoisotopic (exact) mass is 306 g/mol. The summed E-state index contributed by atoms with van der Waals surface area (Å²) in [6.07, 6.45) is 1.14. The fourth-order valence-corrected chi connectivity index (χ4v) is 2.14. The highest BCUT2D eigenvalue weighted by Crippen LogP contribution is 2.23. The highest BCUT2D eigenvalue weighted by atomic mass is 16.5. The van der Waals surface area contributed by atoms with Crippen LogP contribution in [0.4, 0.5) is 5.69 Å². The summed E-state index contributed by atoms with van der Waals surface area (Å²) < 4.78 is 5.32. The van der Waals surface area contributed by atoms with Crippen LogP contribution in [0, 0.1) is 5.41 Å². The normalized spacial score (nSPS) is 11.0. The second kappa shape index (κ2) is 7.82. The lowest BCUT2D eigenvalue weighted by Gasteiger charge is -2.17. The van der Waals surface area contributed by atoms with Gasteiger partial charge in [-0.15, -0.1) is 0 Å². The van der Waals surface area contributed by atoms with Gasteiger partial charge in [-0.3, -0.25) is 9.59 Å². The van der Waals surface area contributed by atoms with E-state index < -0.39 is 0 Å². The standard InChI is InChI=1S/C17H26N2O3/c1-12(20)19-14-6-7-15(22-5)13(10-14)8-9-18-16(21)11-17(2,3)4/h6-7,10H,8-9,11H2,1-5H3,(H,18,21)(H,19,20). The lowest BCUT2D eigenvalue weighted by atomic mass is 9.92. The third kappa shape index (κ3) is 6.61. The van der Waals surface area contributed by atoms with Gasteiger partial charge in [0.25, 0.3) is 0 Å². The van der Waals surface area contributed by atoms with Crippen molar-refractivity contribution in [2.24, 2.45) is 5.41 Å². The number of methoxy groups -OCH3 is 1. The van der Waals surface area contributed by atoms with Crippen LogP contribution < -0.4 is 15.4 Å². The maximum atomic E-state index is 11.8.